The maximum absolute atomic E-state index is 13.6. The Bertz CT molecular complexity index is 1240. The molecule has 1 fully saturated rings. The van der Waals surface area contributed by atoms with Crippen molar-refractivity contribution in [3.8, 4) is 0 Å². The molecule has 36 heavy (non-hydrogen) atoms. The Labute approximate surface area is 214 Å². The van der Waals surface area contributed by atoms with Crippen molar-refractivity contribution in [1.82, 2.24) is 4.98 Å². The zero-order valence-corrected chi connectivity index (χ0v) is 22.2. The Morgan fingerprint density at radius 3 is 2.44 bits per heavy atom. The molecule has 0 atom stereocenters. The van der Waals surface area contributed by atoms with Crippen LogP contribution in [0.25, 0.3) is 10.8 Å². The van der Waals surface area contributed by atoms with Gasteiger partial charge in [-0.1, -0.05) is 50.6 Å². The minimum absolute atomic E-state index is 0.0975. The van der Waals surface area contributed by atoms with Crippen molar-refractivity contribution in [1.29, 1.82) is 0 Å². The Morgan fingerprint density at radius 2 is 1.78 bits per heavy atom. The van der Waals surface area contributed by atoms with E-state index in [9.17, 15) is 9.59 Å². The van der Waals surface area contributed by atoms with E-state index in [4.69, 9.17) is 4.74 Å². The van der Waals surface area contributed by atoms with E-state index in [-0.39, 0.29) is 17.3 Å². The quantitative estimate of drug-likeness (QED) is 0.350. The van der Waals surface area contributed by atoms with E-state index in [1.165, 1.54) is 18.2 Å². The van der Waals surface area contributed by atoms with Crippen LogP contribution in [0, 0.1) is 18.3 Å². The van der Waals surface area contributed by atoms with E-state index in [1.807, 2.05) is 23.1 Å². The average molecular weight is 487 g/mol. The molecule has 1 amide bonds. The number of rotatable bonds is 6. The lowest BCUT2D eigenvalue weighted by Crippen LogP contribution is -2.39. The fraction of sp³-hybridized carbons (Fsp3) is 0.452. The summed E-state index contributed by atoms with van der Waals surface area (Å²) in [6.45, 7) is 9.10. The number of benzene rings is 2. The number of aryl methyl sites for hydroxylation is 1. The van der Waals surface area contributed by atoms with Crippen molar-refractivity contribution in [2.75, 3.05) is 18.6 Å². The number of pyridine rings is 1. The maximum atomic E-state index is 13.6. The Balaban J connectivity index is 1.59. The van der Waals surface area contributed by atoms with Crippen LogP contribution in [0.4, 0.5) is 5.82 Å². The molecule has 5 nitrogen and oxygen atoms in total. The molecule has 3 aromatic rings. The predicted molar refractivity (Wildman–Crippen MR) is 145 cm³/mol. The zero-order chi connectivity index (χ0) is 25.9. The molecule has 1 aliphatic rings. The molecule has 190 valence electrons. The van der Waals surface area contributed by atoms with Crippen molar-refractivity contribution in [3.63, 3.8) is 0 Å². The second-order valence-electron chi connectivity index (χ2n) is 11.4. The van der Waals surface area contributed by atoms with Gasteiger partial charge >= 0.3 is 5.97 Å². The lowest BCUT2D eigenvalue weighted by molar-refractivity contribution is -0.120. The highest BCUT2D eigenvalue weighted by atomic mass is 16.5. The third kappa shape index (κ3) is 6.13. The number of methoxy groups -OCH3 is 1. The monoisotopic (exact) mass is 486 g/mol. The second-order valence-corrected chi connectivity index (χ2v) is 11.4. The average Bonchev–Trinajstić information content (AvgIpc) is 2.85. The van der Waals surface area contributed by atoms with Gasteiger partial charge < -0.3 is 4.74 Å². The maximum Gasteiger partial charge on any atom is 0.337 e. The van der Waals surface area contributed by atoms with Crippen LogP contribution in [0.1, 0.15) is 80.3 Å². The fourth-order valence-corrected chi connectivity index (χ4v) is 5.34. The van der Waals surface area contributed by atoms with E-state index in [0.717, 1.165) is 36.5 Å². The van der Waals surface area contributed by atoms with Gasteiger partial charge in [0, 0.05) is 24.5 Å². The van der Waals surface area contributed by atoms with Crippen LogP contribution in [0.2, 0.25) is 0 Å². The summed E-state index contributed by atoms with van der Waals surface area (Å²) in [5, 5.41) is 1.75. The van der Waals surface area contributed by atoms with Gasteiger partial charge in [-0.25, -0.2) is 9.78 Å². The first kappa shape index (κ1) is 25.9. The van der Waals surface area contributed by atoms with Gasteiger partial charge in [0.25, 0.3) is 0 Å². The number of aromatic nitrogens is 1. The highest BCUT2D eigenvalue weighted by molar-refractivity contribution is 6.04. The predicted octanol–water partition coefficient (Wildman–Crippen LogP) is 7.07. The minimum Gasteiger partial charge on any atom is -0.465 e. The summed E-state index contributed by atoms with van der Waals surface area (Å²) in [5.74, 6) is 1.43. The van der Waals surface area contributed by atoms with Gasteiger partial charge in [-0.3, -0.25) is 9.69 Å². The number of carbonyl (C=O) groups excluding carboxylic acids is 2. The third-order valence-electron chi connectivity index (χ3n) is 7.20. The van der Waals surface area contributed by atoms with Crippen molar-refractivity contribution in [2.45, 2.75) is 65.7 Å². The first-order valence-corrected chi connectivity index (χ1v) is 13.0. The smallest absolute Gasteiger partial charge is 0.337 e. The molecule has 0 unspecified atom stereocenters. The van der Waals surface area contributed by atoms with Crippen molar-refractivity contribution >= 4 is 28.5 Å². The number of hydrogen-bond donors (Lipinski definition) is 0. The SMILES string of the molecule is COC(=O)c1ccc2c(N(C[C@H]3CC[C@H](c4cccc(C)c4)CC3)C(=O)CC(C)(C)C)nccc2c1. The van der Waals surface area contributed by atoms with Gasteiger partial charge in [0.1, 0.15) is 5.82 Å². The van der Waals surface area contributed by atoms with Gasteiger partial charge in [-0.2, -0.15) is 0 Å². The molecular formula is C31H38N2O3. The van der Waals surface area contributed by atoms with Crippen molar-refractivity contribution in [2.24, 2.45) is 11.3 Å². The van der Waals surface area contributed by atoms with Crippen molar-refractivity contribution in [3.05, 3.63) is 71.4 Å². The number of amides is 1. The molecule has 0 saturated heterocycles. The van der Waals surface area contributed by atoms with Crippen LogP contribution in [0.3, 0.4) is 0 Å². The van der Waals surface area contributed by atoms with E-state index >= 15 is 0 Å². The summed E-state index contributed by atoms with van der Waals surface area (Å²) in [4.78, 5) is 32.3. The van der Waals surface area contributed by atoms with E-state index in [0.29, 0.717) is 36.2 Å². The van der Waals surface area contributed by atoms with Gasteiger partial charge in [0.2, 0.25) is 5.91 Å². The first-order valence-electron chi connectivity index (χ1n) is 13.0. The van der Waals surface area contributed by atoms with Crippen LogP contribution in [-0.4, -0.2) is 30.5 Å². The number of nitrogens with zero attached hydrogens (tertiary/aromatic N) is 2. The van der Waals surface area contributed by atoms with E-state index in [1.54, 1.807) is 12.3 Å². The molecule has 1 aromatic heterocycles. The normalized spacial score (nSPS) is 18.1. The van der Waals surface area contributed by atoms with E-state index in [2.05, 4.69) is 56.9 Å². The molecule has 0 aliphatic heterocycles. The van der Waals surface area contributed by atoms with Gasteiger partial charge in [-0.05, 0) is 85.1 Å². The Kier molecular flexibility index (Phi) is 7.77. The minimum atomic E-state index is -0.374. The van der Waals surface area contributed by atoms with E-state index < -0.39 is 0 Å². The number of esters is 1. The van der Waals surface area contributed by atoms with Crippen LogP contribution < -0.4 is 4.90 Å². The molecule has 0 spiro atoms. The number of fused-ring (bicyclic) bond motifs is 1. The van der Waals surface area contributed by atoms with Crippen LogP contribution >= 0.6 is 0 Å². The van der Waals surface area contributed by atoms with Gasteiger partial charge in [0.15, 0.2) is 0 Å². The summed E-state index contributed by atoms with van der Waals surface area (Å²) in [6, 6.07) is 16.2. The molecule has 2 aromatic carbocycles. The molecule has 0 radical (unpaired) electrons. The summed E-state index contributed by atoms with van der Waals surface area (Å²) >= 11 is 0. The molecule has 4 rings (SSSR count). The lowest BCUT2D eigenvalue weighted by Gasteiger charge is -2.34. The van der Waals surface area contributed by atoms with Crippen LogP contribution in [0.15, 0.2) is 54.7 Å². The molecule has 1 saturated carbocycles. The molecule has 1 heterocycles. The van der Waals surface area contributed by atoms with Crippen LogP contribution in [-0.2, 0) is 9.53 Å². The largest absolute Gasteiger partial charge is 0.465 e. The number of ether oxygens (including phenoxy) is 1. The summed E-state index contributed by atoms with van der Waals surface area (Å²) in [5.41, 5.74) is 3.11. The summed E-state index contributed by atoms with van der Waals surface area (Å²) < 4.78 is 4.88. The van der Waals surface area contributed by atoms with Gasteiger partial charge in [0.05, 0.1) is 12.7 Å². The zero-order valence-electron chi connectivity index (χ0n) is 22.2. The fourth-order valence-electron chi connectivity index (χ4n) is 5.34. The first-order chi connectivity index (χ1) is 17.1. The number of anilines is 1. The third-order valence-corrected chi connectivity index (χ3v) is 7.20. The van der Waals surface area contributed by atoms with Crippen molar-refractivity contribution < 1.29 is 14.3 Å². The molecule has 5 heteroatoms. The second kappa shape index (κ2) is 10.8. The lowest BCUT2D eigenvalue weighted by atomic mass is 9.78. The highest BCUT2D eigenvalue weighted by Crippen LogP contribution is 2.38. The molecule has 0 N–H and O–H groups in total. The summed E-state index contributed by atoms with van der Waals surface area (Å²) in [7, 11) is 1.38. The number of hydrogen-bond acceptors (Lipinski definition) is 4. The van der Waals surface area contributed by atoms with Gasteiger partial charge in [-0.15, -0.1) is 0 Å². The molecule has 0 bridgehead atoms. The Hall–Kier alpha value is -3.21. The Morgan fingerprint density at radius 1 is 1.03 bits per heavy atom. The highest BCUT2D eigenvalue weighted by Gasteiger charge is 2.29. The van der Waals surface area contributed by atoms with Crippen LogP contribution in [0.5, 0.6) is 0 Å². The topological polar surface area (TPSA) is 59.5 Å². The molecule has 1 aliphatic carbocycles. The standard InChI is InChI=1S/C31H38N2O3/c1-21-7-6-8-24(17-21)23-11-9-22(10-12-23)20-33(28(34)19-31(2,3)4)29-27-14-13-26(30(35)36-5)18-25(27)15-16-32-29/h6-8,13-18,22-23H,9-12,19-20H2,1-5H3/t22-,23-. The number of carbonyl (C=O) groups is 2. The molecular weight excluding hydrogens is 448 g/mol. The summed E-state index contributed by atoms with van der Waals surface area (Å²) in [6.07, 6.45) is 6.64.